The van der Waals surface area contributed by atoms with Crippen LogP contribution in [0.5, 0.6) is 0 Å². The van der Waals surface area contributed by atoms with Crippen molar-refractivity contribution < 1.29 is 0 Å². The normalized spacial score (nSPS) is 21.1. The van der Waals surface area contributed by atoms with Crippen LogP contribution in [0.4, 0.5) is 5.82 Å². The lowest BCUT2D eigenvalue weighted by Crippen LogP contribution is -2.10. The summed E-state index contributed by atoms with van der Waals surface area (Å²) in [6.07, 6.45) is 13.1. The Hall–Kier alpha value is -0.990. The number of hydrogen-bond donors (Lipinski definition) is 1. The number of hydrogen-bond acceptors (Lipinski definition) is 2. The van der Waals surface area contributed by atoms with Gasteiger partial charge in [-0.1, -0.05) is 39.0 Å². The van der Waals surface area contributed by atoms with Gasteiger partial charge in [-0.3, -0.25) is 0 Å². The van der Waals surface area contributed by atoms with Gasteiger partial charge in [-0.05, 0) is 32.1 Å². The first-order chi connectivity index (χ1) is 9.81. The molecule has 112 valence electrons. The largest absolute Gasteiger partial charge is 0.384 e. The molecule has 2 aliphatic carbocycles. The maximum Gasteiger partial charge on any atom is 0.127 e. The maximum absolute atomic E-state index is 6.49. The first-order valence-electron chi connectivity index (χ1n) is 8.67. The molecule has 0 aliphatic heterocycles. The number of aromatic nitrogens is 2. The molecule has 0 saturated heterocycles. The Morgan fingerprint density at radius 3 is 2.25 bits per heavy atom. The van der Waals surface area contributed by atoms with Crippen LogP contribution in [0.2, 0.25) is 0 Å². The van der Waals surface area contributed by atoms with Crippen LogP contribution in [0.1, 0.15) is 94.5 Å². The third-order valence-corrected chi connectivity index (χ3v) is 5.26. The van der Waals surface area contributed by atoms with E-state index in [1.807, 2.05) is 0 Å². The maximum atomic E-state index is 6.49. The average Bonchev–Trinajstić information content (AvgIpc) is 3.17. The predicted octanol–water partition coefficient (Wildman–Crippen LogP) is 4.58. The zero-order valence-electron chi connectivity index (χ0n) is 12.9. The molecule has 3 nitrogen and oxygen atoms in total. The highest BCUT2D eigenvalue weighted by molar-refractivity contribution is 5.42. The molecule has 20 heavy (non-hydrogen) atoms. The number of nitrogen functional groups attached to an aromatic ring is 1. The van der Waals surface area contributed by atoms with Crippen LogP contribution >= 0.6 is 0 Å². The van der Waals surface area contributed by atoms with E-state index in [-0.39, 0.29) is 0 Å². The van der Waals surface area contributed by atoms with Crippen LogP contribution < -0.4 is 5.73 Å². The van der Waals surface area contributed by atoms with Crippen LogP contribution in [0.15, 0.2) is 0 Å². The molecule has 0 spiro atoms. The number of nitrogens with zero attached hydrogens (tertiary/aromatic N) is 2. The molecule has 0 amide bonds. The van der Waals surface area contributed by atoms with Gasteiger partial charge in [0.05, 0.1) is 5.69 Å². The Bertz CT molecular complexity index is 437. The minimum atomic E-state index is 0.637. The van der Waals surface area contributed by atoms with Gasteiger partial charge < -0.3 is 10.3 Å². The zero-order chi connectivity index (χ0) is 13.9. The van der Waals surface area contributed by atoms with Crippen molar-refractivity contribution in [2.24, 2.45) is 0 Å². The second-order valence-corrected chi connectivity index (χ2v) is 6.71. The molecule has 0 bridgehead atoms. The van der Waals surface area contributed by atoms with Gasteiger partial charge in [-0.2, -0.15) is 0 Å². The molecule has 1 aromatic heterocycles. The summed E-state index contributed by atoms with van der Waals surface area (Å²) in [5, 5.41) is 0. The van der Waals surface area contributed by atoms with E-state index in [1.165, 1.54) is 75.7 Å². The number of anilines is 1. The van der Waals surface area contributed by atoms with Crippen LogP contribution in [-0.2, 0) is 6.54 Å². The highest BCUT2D eigenvalue weighted by Gasteiger charge is 2.29. The summed E-state index contributed by atoms with van der Waals surface area (Å²) < 4.78 is 2.37. The Kier molecular flexibility index (Phi) is 4.32. The van der Waals surface area contributed by atoms with Crippen molar-refractivity contribution in [1.82, 2.24) is 9.55 Å². The molecular weight excluding hydrogens is 246 g/mol. The smallest absolute Gasteiger partial charge is 0.127 e. The van der Waals surface area contributed by atoms with E-state index in [9.17, 15) is 0 Å². The molecule has 2 N–H and O–H groups in total. The molecule has 2 aliphatic rings. The standard InChI is InChI=1S/C17H29N3/c1-2-3-12-20-16(18)15(13-8-4-5-9-13)19-17(20)14-10-6-7-11-14/h13-14H,2-12,18H2,1H3. The summed E-state index contributed by atoms with van der Waals surface area (Å²) in [7, 11) is 0. The second-order valence-electron chi connectivity index (χ2n) is 6.71. The number of rotatable bonds is 5. The van der Waals surface area contributed by atoms with Gasteiger partial charge in [0.15, 0.2) is 0 Å². The molecule has 2 fully saturated rings. The molecule has 0 unspecified atom stereocenters. The molecule has 1 aromatic rings. The molecule has 3 rings (SSSR count). The molecule has 3 heteroatoms. The fourth-order valence-electron chi connectivity index (χ4n) is 4.05. The van der Waals surface area contributed by atoms with E-state index in [2.05, 4.69) is 11.5 Å². The van der Waals surface area contributed by atoms with Crippen LogP contribution in [0.25, 0.3) is 0 Å². The minimum Gasteiger partial charge on any atom is -0.384 e. The number of unbranched alkanes of at least 4 members (excludes halogenated alkanes) is 1. The topological polar surface area (TPSA) is 43.8 Å². The van der Waals surface area contributed by atoms with E-state index in [0.29, 0.717) is 11.8 Å². The first-order valence-corrected chi connectivity index (χ1v) is 8.67. The Labute approximate surface area is 123 Å². The summed E-state index contributed by atoms with van der Waals surface area (Å²) in [6, 6.07) is 0. The Morgan fingerprint density at radius 1 is 1.05 bits per heavy atom. The molecule has 0 radical (unpaired) electrons. The van der Waals surface area contributed by atoms with Crippen LogP contribution in [0, 0.1) is 0 Å². The fraction of sp³-hybridized carbons (Fsp3) is 0.824. The molecule has 2 saturated carbocycles. The van der Waals surface area contributed by atoms with Gasteiger partial charge in [0, 0.05) is 18.4 Å². The van der Waals surface area contributed by atoms with E-state index in [0.717, 1.165) is 12.4 Å². The average molecular weight is 275 g/mol. The first kappa shape index (κ1) is 14.0. The van der Waals surface area contributed by atoms with E-state index < -0.39 is 0 Å². The molecular formula is C17H29N3. The lowest BCUT2D eigenvalue weighted by molar-refractivity contribution is 0.561. The van der Waals surface area contributed by atoms with Crippen molar-refractivity contribution in [3.63, 3.8) is 0 Å². The van der Waals surface area contributed by atoms with Gasteiger partial charge in [0.2, 0.25) is 0 Å². The summed E-state index contributed by atoms with van der Waals surface area (Å²) in [5.74, 6) is 3.62. The van der Waals surface area contributed by atoms with Crippen LogP contribution in [-0.4, -0.2) is 9.55 Å². The lowest BCUT2D eigenvalue weighted by Gasteiger charge is -2.13. The second kappa shape index (κ2) is 6.19. The molecule has 0 aromatic carbocycles. The Balaban J connectivity index is 1.90. The third-order valence-electron chi connectivity index (χ3n) is 5.26. The summed E-state index contributed by atoms with van der Waals surface area (Å²) >= 11 is 0. The van der Waals surface area contributed by atoms with Gasteiger partial charge in [0.25, 0.3) is 0 Å². The highest BCUT2D eigenvalue weighted by atomic mass is 15.1. The van der Waals surface area contributed by atoms with Crippen molar-refractivity contribution in [2.45, 2.75) is 89.5 Å². The van der Waals surface area contributed by atoms with E-state index in [4.69, 9.17) is 10.7 Å². The van der Waals surface area contributed by atoms with Gasteiger partial charge in [-0.25, -0.2) is 4.98 Å². The molecule has 1 heterocycles. The SMILES string of the molecule is CCCCn1c(C2CCCC2)nc(C2CCCC2)c1N. The summed E-state index contributed by atoms with van der Waals surface area (Å²) in [5.41, 5.74) is 7.73. The molecule has 0 atom stereocenters. The number of imidazole rings is 1. The fourth-order valence-corrected chi connectivity index (χ4v) is 4.05. The van der Waals surface area contributed by atoms with Crippen LogP contribution in [0.3, 0.4) is 0 Å². The van der Waals surface area contributed by atoms with Crippen molar-refractivity contribution in [2.75, 3.05) is 5.73 Å². The van der Waals surface area contributed by atoms with Crippen molar-refractivity contribution in [1.29, 1.82) is 0 Å². The van der Waals surface area contributed by atoms with Crippen molar-refractivity contribution >= 4 is 5.82 Å². The third kappa shape index (κ3) is 2.59. The van der Waals surface area contributed by atoms with E-state index in [1.54, 1.807) is 0 Å². The van der Waals surface area contributed by atoms with Crippen molar-refractivity contribution in [3.05, 3.63) is 11.5 Å². The quantitative estimate of drug-likeness (QED) is 0.854. The summed E-state index contributed by atoms with van der Waals surface area (Å²) in [6.45, 7) is 3.31. The van der Waals surface area contributed by atoms with Gasteiger partial charge in [0.1, 0.15) is 11.6 Å². The predicted molar refractivity (Wildman–Crippen MR) is 84.0 cm³/mol. The minimum absolute atomic E-state index is 0.637. The lowest BCUT2D eigenvalue weighted by atomic mass is 10.0. The Morgan fingerprint density at radius 2 is 1.65 bits per heavy atom. The monoisotopic (exact) mass is 275 g/mol. The summed E-state index contributed by atoms with van der Waals surface area (Å²) in [4.78, 5) is 5.06. The van der Waals surface area contributed by atoms with Gasteiger partial charge >= 0.3 is 0 Å². The van der Waals surface area contributed by atoms with Gasteiger partial charge in [-0.15, -0.1) is 0 Å². The highest BCUT2D eigenvalue weighted by Crippen LogP contribution is 2.40. The van der Waals surface area contributed by atoms with Crippen molar-refractivity contribution in [3.8, 4) is 0 Å². The van der Waals surface area contributed by atoms with E-state index >= 15 is 0 Å². The zero-order valence-corrected chi connectivity index (χ0v) is 12.9. The number of nitrogens with two attached hydrogens (primary N) is 1.